The zero-order valence-corrected chi connectivity index (χ0v) is 23.3. The molecule has 0 aliphatic carbocycles. The Morgan fingerprint density at radius 3 is 2.44 bits per heavy atom. The monoisotopic (exact) mass is 563 g/mol. The molecule has 1 fully saturated rings. The SMILES string of the molecule is COc1ccc(N2C(=S)NC(c3ccccn3)C2c2cc(C)n(-c3cc([N+](=O)[O-])ccc3OC)c2C)cc1Cl. The molecule has 9 nitrogen and oxygen atoms in total. The maximum absolute atomic E-state index is 11.6. The summed E-state index contributed by atoms with van der Waals surface area (Å²) in [5.74, 6) is 1.08. The van der Waals surface area contributed by atoms with Crippen LogP contribution in [-0.4, -0.2) is 33.8 Å². The highest BCUT2D eigenvalue weighted by Gasteiger charge is 2.42. The number of benzene rings is 2. The average Bonchev–Trinajstić information content (AvgIpc) is 3.43. The number of hydrogen-bond donors (Lipinski definition) is 1. The van der Waals surface area contributed by atoms with Crippen LogP contribution in [-0.2, 0) is 0 Å². The number of pyridine rings is 1. The Morgan fingerprint density at radius 1 is 1.05 bits per heavy atom. The van der Waals surface area contributed by atoms with E-state index in [1.165, 1.54) is 12.1 Å². The maximum Gasteiger partial charge on any atom is 0.271 e. The third-order valence-corrected chi connectivity index (χ3v) is 7.52. The van der Waals surface area contributed by atoms with Gasteiger partial charge >= 0.3 is 0 Å². The van der Waals surface area contributed by atoms with Gasteiger partial charge in [0.25, 0.3) is 5.69 Å². The van der Waals surface area contributed by atoms with Crippen molar-refractivity contribution in [3.63, 3.8) is 0 Å². The molecule has 2 aromatic carbocycles. The van der Waals surface area contributed by atoms with Crippen molar-refractivity contribution in [2.75, 3.05) is 19.1 Å². The summed E-state index contributed by atoms with van der Waals surface area (Å²) in [4.78, 5) is 17.8. The molecule has 2 atom stereocenters. The van der Waals surface area contributed by atoms with E-state index in [0.29, 0.717) is 27.3 Å². The molecule has 0 bridgehead atoms. The van der Waals surface area contributed by atoms with Crippen molar-refractivity contribution in [3.05, 3.63) is 105 Å². The van der Waals surface area contributed by atoms with Gasteiger partial charge in [0.2, 0.25) is 0 Å². The number of rotatable bonds is 7. The van der Waals surface area contributed by atoms with Crippen molar-refractivity contribution in [1.82, 2.24) is 14.9 Å². The lowest BCUT2D eigenvalue weighted by Gasteiger charge is -2.28. The molecule has 3 heterocycles. The molecule has 11 heteroatoms. The first kappa shape index (κ1) is 26.5. The molecule has 0 saturated carbocycles. The molecule has 1 aliphatic rings. The molecule has 1 N–H and O–H groups in total. The lowest BCUT2D eigenvalue weighted by Crippen LogP contribution is -2.29. The molecule has 0 amide bonds. The molecule has 39 heavy (non-hydrogen) atoms. The van der Waals surface area contributed by atoms with Crippen LogP contribution in [0.25, 0.3) is 5.69 Å². The normalized spacial score (nSPS) is 16.7. The highest BCUT2D eigenvalue weighted by atomic mass is 35.5. The van der Waals surface area contributed by atoms with Gasteiger partial charge in [-0.1, -0.05) is 17.7 Å². The Hall–Kier alpha value is -4.15. The fourth-order valence-corrected chi connectivity index (χ4v) is 5.78. The molecule has 1 saturated heterocycles. The van der Waals surface area contributed by atoms with Crippen molar-refractivity contribution in [2.45, 2.75) is 25.9 Å². The fraction of sp³-hybridized carbons (Fsp3) is 0.214. The Kier molecular flexibility index (Phi) is 7.16. The Bertz CT molecular complexity index is 1580. The van der Waals surface area contributed by atoms with Gasteiger partial charge in [0.15, 0.2) is 5.11 Å². The predicted octanol–water partition coefficient (Wildman–Crippen LogP) is 6.25. The Labute approximate surface area is 236 Å². The minimum Gasteiger partial charge on any atom is -0.495 e. The summed E-state index contributed by atoms with van der Waals surface area (Å²) >= 11 is 12.4. The van der Waals surface area contributed by atoms with Gasteiger partial charge in [-0.05, 0) is 74.1 Å². The van der Waals surface area contributed by atoms with Crippen LogP contribution in [0.5, 0.6) is 11.5 Å². The van der Waals surface area contributed by atoms with Crippen molar-refractivity contribution >= 4 is 40.3 Å². The molecule has 0 radical (unpaired) electrons. The Balaban J connectivity index is 1.71. The first-order valence-corrected chi connectivity index (χ1v) is 12.9. The highest BCUT2D eigenvalue weighted by Crippen LogP contribution is 2.45. The van der Waals surface area contributed by atoms with Crippen LogP contribution in [0.2, 0.25) is 5.02 Å². The van der Waals surface area contributed by atoms with Crippen LogP contribution in [0.4, 0.5) is 11.4 Å². The summed E-state index contributed by atoms with van der Waals surface area (Å²) in [6, 6.07) is 17.4. The predicted molar refractivity (Wildman–Crippen MR) is 154 cm³/mol. The number of nitro benzene ring substituents is 1. The van der Waals surface area contributed by atoms with E-state index in [9.17, 15) is 10.1 Å². The number of ether oxygens (including phenoxy) is 2. The first-order chi connectivity index (χ1) is 18.7. The number of hydrogen-bond acceptors (Lipinski definition) is 6. The lowest BCUT2D eigenvalue weighted by atomic mass is 9.96. The third kappa shape index (κ3) is 4.66. The van der Waals surface area contributed by atoms with E-state index in [1.54, 1.807) is 26.5 Å². The van der Waals surface area contributed by atoms with Gasteiger partial charge in [0.1, 0.15) is 11.5 Å². The average molecular weight is 564 g/mol. The number of nitro groups is 1. The molecule has 2 aromatic heterocycles. The second kappa shape index (κ2) is 10.5. The van der Waals surface area contributed by atoms with E-state index in [4.69, 9.17) is 33.3 Å². The van der Waals surface area contributed by atoms with Crippen molar-refractivity contribution in [3.8, 4) is 17.2 Å². The summed E-state index contributed by atoms with van der Waals surface area (Å²) in [5.41, 5.74) is 4.90. The summed E-state index contributed by atoms with van der Waals surface area (Å²) < 4.78 is 12.9. The van der Waals surface area contributed by atoms with Crippen LogP contribution in [0.3, 0.4) is 0 Å². The minimum absolute atomic E-state index is 0.0237. The molecule has 200 valence electrons. The number of aryl methyl sites for hydroxylation is 1. The summed E-state index contributed by atoms with van der Waals surface area (Å²) in [6.07, 6.45) is 1.75. The van der Waals surface area contributed by atoms with Crippen LogP contribution < -0.4 is 19.7 Å². The number of halogens is 1. The van der Waals surface area contributed by atoms with Crippen molar-refractivity contribution in [1.29, 1.82) is 0 Å². The van der Waals surface area contributed by atoms with Gasteiger partial charge in [-0.15, -0.1) is 0 Å². The van der Waals surface area contributed by atoms with E-state index in [2.05, 4.69) is 16.4 Å². The minimum atomic E-state index is -0.413. The van der Waals surface area contributed by atoms with E-state index in [-0.39, 0.29) is 17.8 Å². The van der Waals surface area contributed by atoms with Crippen molar-refractivity contribution in [2.24, 2.45) is 0 Å². The van der Waals surface area contributed by atoms with Crippen molar-refractivity contribution < 1.29 is 14.4 Å². The number of thiocarbonyl (C=S) groups is 1. The molecule has 0 spiro atoms. The zero-order valence-electron chi connectivity index (χ0n) is 21.7. The highest BCUT2D eigenvalue weighted by molar-refractivity contribution is 7.80. The molecular weight excluding hydrogens is 538 g/mol. The van der Waals surface area contributed by atoms with Crippen LogP contribution >= 0.6 is 23.8 Å². The number of aromatic nitrogens is 2. The van der Waals surface area contributed by atoms with Gasteiger partial charge in [-0.25, -0.2) is 0 Å². The maximum atomic E-state index is 11.6. The Morgan fingerprint density at radius 2 is 1.79 bits per heavy atom. The van der Waals surface area contributed by atoms with Gasteiger partial charge < -0.3 is 24.3 Å². The first-order valence-electron chi connectivity index (χ1n) is 12.1. The second-order valence-corrected chi connectivity index (χ2v) is 9.88. The standard InChI is InChI=1S/C28H26ClN5O4S/c1-16-13-20(17(2)32(16)23-15-19(34(35)36)9-11-25(23)38-4)27-26(22-7-5-6-12-30-22)31-28(39)33(27)18-8-10-24(37-3)21(29)14-18/h5-15,26-27H,1-4H3,(H,31,39). The molecule has 1 aliphatic heterocycles. The number of nitrogens with zero attached hydrogens (tertiary/aromatic N) is 4. The quantitative estimate of drug-likeness (QED) is 0.160. The molecule has 2 unspecified atom stereocenters. The van der Waals surface area contributed by atoms with E-state index in [1.807, 2.05) is 59.7 Å². The zero-order chi connectivity index (χ0) is 27.8. The molecule has 4 aromatic rings. The van der Waals surface area contributed by atoms with E-state index in [0.717, 1.165) is 28.3 Å². The summed E-state index contributed by atoms with van der Waals surface area (Å²) in [5, 5.41) is 16.0. The van der Waals surface area contributed by atoms with Crippen LogP contribution in [0.1, 0.15) is 34.7 Å². The molecular formula is C28H26ClN5O4S. The summed E-state index contributed by atoms with van der Waals surface area (Å²) in [7, 11) is 3.12. The lowest BCUT2D eigenvalue weighted by molar-refractivity contribution is -0.384. The second-order valence-electron chi connectivity index (χ2n) is 9.09. The van der Waals surface area contributed by atoms with E-state index >= 15 is 0 Å². The van der Waals surface area contributed by atoms with E-state index < -0.39 is 4.92 Å². The smallest absolute Gasteiger partial charge is 0.271 e. The largest absolute Gasteiger partial charge is 0.495 e. The number of anilines is 1. The summed E-state index contributed by atoms with van der Waals surface area (Å²) in [6.45, 7) is 3.94. The number of non-ortho nitro benzene ring substituents is 1. The van der Waals surface area contributed by atoms with Crippen LogP contribution in [0.15, 0.2) is 66.9 Å². The van der Waals surface area contributed by atoms with Gasteiger partial charge in [0.05, 0.1) is 47.6 Å². The van der Waals surface area contributed by atoms with Gasteiger partial charge in [0, 0.05) is 35.4 Å². The van der Waals surface area contributed by atoms with Gasteiger partial charge in [-0.2, -0.15) is 0 Å². The van der Waals surface area contributed by atoms with Gasteiger partial charge in [-0.3, -0.25) is 15.1 Å². The number of methoxy groups -OCH3 is 2. The molecule has 5 rings (SSSR count). The fourth-order valence-electron chi connectivity index (χ4n) is 5.18. The third-order valence-electron chi connectivity index (χ3n) is 6.91. The number of nitrogens with one attached hydrogen (secondary N) is 1. The van der Waals surface area contributed by atoms with Crippen LogP contribution in [0, 0.1) is 24.0 Å². The topological polar surface area (TPSA) is 94.7 Å².